The summed E-state index contributed by atoms with van der Waals surface area (Å²) in [4.78, 5) is 15.7. The van der Waals surface area contributed by atoms with Crippen LogP contribution in [0.5, 0.6) is 5.75 Å². The number of anilines is 1. The van der Waals surface area contributed by atoms with E-state index in [1.54, 1.807) is 0 Å². The molecule has 1 aromatic carbocycles. The molecule has 0 radical (unpaired) electrons. The van der Waals surface area contributed by atoms with Gasteiger partial charge in [-0.1, -0.05) is 11.3 Å². The van der Waals surface area contributed by atoms with Crippen molar-refractivity contribution < 1.29 is 14.3 Å². The van der Waals surface area contributed by atoms with Crippen LogP contribution < -0.4 is 10.5 Å². The molecule has 2 N–H and O–H groups in total. The smallest absolute Gasteiger partial charge is 0.359 e. The van der Waals surface area contributed by atoms with E-state index in [9.17, 15) is 4.79 Å². The molecule has 2 heterocycles. The molecule has 98 valence electrons. The predicted molar refractivity (Wildman–Crippen MR) is 72.5 cm³/mol. The molecular formula is C13H12N2O3S. The second-order valence-electron chi connectivity index (χ2n) is 4.14. The Morgan fingerprint density at radius 3 is 3.16 bits per heavy atom. The number of fused-ring (bicyclic) bond motifs is 1. The number of nitrogens with two attached hydrogens (primary N) is 1. The monoisotopic (exact) mass is 276 g/mol. The van der Waals surface area contributed by atoms with Gasteiger partial charge in [0.05, 0.1) is 13.7 Å². The number of esters is 1. The normalized spacial score (nSPS) is 12.9. The van der Waals surface area contributed by atoms with Crippen LogP contribution in [-0.2, 0) is 11.2 Å². The maximum absolute atomic E-state index is 11.5. The van der Waals surface area contributed by atoms with Crippen molar-refractivity contribution in [1.29, 1.82) is 0 Å². The number of aromatic nitrogens is 1. The lowest BCUT2D eigenvalue weighted by Crippen LogP contribution is -2.04. The summed E-state index contributed by atoms with van der Waals surface area (Å²) in [6, 6.07) is 5.87. The zero-order valence-electron chi connectivity index (χ0n) is 10.3. The van der Waals surface area contributed by atoms with E-state index in [1.807, 2.05) is 18.2 Å². The molecule has 5 nitrogen and oxygen atoms in total. The minimum atomic E-state index is -0.510. The van der Waals surface area contributed by atoms with E-state index in [1.165, 1.54) is 18.4 Å². The topological polar surface area (TPSA) is 74.4 Å². The molecule has 3 rings (SSSR count). The molecule has 0 aliphatic carbocycles. The van der Waals surface area contributed by atoms with Crippen molar-refractivity contribution in [3.63, 3.8) is 0 Å². The van der Waals surface area contributed by atoms with Crippen LogP contribution in [0.4, 0.5) is 5.00 Å². The van der Waals surface area contributed by atoms with E-state index in [0.717, 1.165) is 23.3 Å². The largest absolute Gasteiger partial charge is 0.493 e. The lowest BCUT2D eigenvalue weighted by Gasteiger charge is -2.00. The summed E-state index contributed by atoms with van der Waals surface area (Å²) in [6.45, 7) is 0.714. The zero-order valence-corrected chi connectivity index (χ0v) is 11.1. The lowest BCUT2D eigenvalue weighted by atomic mass is 10.1. The second-order valence-corrected chi connectivity index (χ2v) is 5.18. The number of carbonyl (C=O) groups is 1. The van der Waals surface area contributed by atoms with Crippen LogP contribution in [0, 0.1) is 0 Å². The van der Waals surface area contributed by atoms with Gasteiger partial charge in [-0.2, -0.15) is 0 Å². The summed E-state index contributed by atoms with van der Waals surface area (Å²) in [7, 11) is 1.31. The molecule has 6 heteroatoms. The highest BCUT2D eigenvalue weighted by Crippen LogP contribution is 2.34. The summed E-state index contributed by atoms with van der Waals surface area (Å²) < 4.78 is 10.1. The number of thiazole rings is 1. The molecule has 0 saturated heterocycles. The van der Waals surface area contributed by atoms with Gasteiger partial charge in [0.2, 0.25) is 0 Å². The fourth-order valence-corrected chi connectivity index (χ4v) is 2.83. The third kappa shape index (κ3) is 2.04. The number of ether oxygens (including phenoxy) is 2. The maximum Gasteiger partial charge on any atom is 0.359 e. The van der Waals surface area contributed by atoms with Crippen molar-refractivity contribution in [2.75, 3.05) is 19.5 Å². The third-order valence-corrected chi connectivity index (χ3v) is 3.90. The molecular weight excluding hydrogens is 264 g/mol. The van der Waals surface area contributed by atoms with Crippen LogP contribution in [-0.4, -0.2) is 24.7 Å². The average molecular weight is 276 g/mol. The molecule has 0 bridgehead atoms. The standard InChI is InChI=1S/C13H12N2O3S/c1-17-13(16)10-11(14)19-12(15-10)8-2-3-9-7(6-8)4-5-18-9/h2-3,6H,4-5,14H2,1H3. The van der Waals surface area contributed by atoms with Crippen LogP contribution in [0.1, 0.15) is 16.1 Å². The summed E-state index contributed by atoms with van der Waals surface area (Å²) in [6.07, 6.45) is 0.897. The Labute approximate surface area is 114 Å². The van der Waals surface area contributed by atoms with Gasteiger partial charge in [-0.3, -0.25) is 0 Å². The first-order chi connectivity index (χ1) is 9.19. The van der Waals surface area contributed by atoms with Crippen molar-refractivity contribution in [3.05, 3.63) is 29.5 Å². The van der Waals surface area contributed by atoms with Crippen LogP contribution in [0.15, 0.2) is 18.2 Å². The summed E-state index contributed by atoms with van der Waals surface area (Å²) in [5, 5.41) is 1.09. The number of nitrogens with zero attached hydrogens (tertiary/aromatic N) is 1. The van der Waals surface area contributed by atoms with Gasteiger partial charge in [0, 0.05) is 12.0 Å². The predicted octanol–water partition coefficient (Wildman–Crippen LogP) is 2.11. The fourth-order valence-electron chi connectivity index (χ4n) is 2.02. The summed E-state index contributed by atoms with van der Waals surface area (Å²) in [5.74, 6) is 0.408. The Kier molecular flexibility index (Phi) is 2.87. The van der Waals surface area contributed by atoms with Gasteiger partial charge in [0.25, 0.3) is 0 Å². The molecule has 1 aliphatic heterocycles. The van der Waals surface area contributed by atoms with Crippen molar-refractivity contribution in [2.45, 2.75) is 6.42 Å². The van der Waals surface area contributed by atoms with Crippen LogP contribution in [0.3, 0.4) is 0 Å². The number of hydrogen-bond donors (Lipinski definition) is 1. The highest BCUT2D eigenvalue weighted by atomic mass is 32.1. The van der Waals surface area contributed by atoms with Crippen LogP contribution >= 0.6 is 11.3 Å². The summed E-state index contributed by atoms with van der Waals surface area (Å²) >= 11 is 1.28. The number of carbonyl (C=O) groups excluding carboxylic acids is 1. The van der Waals surface area contributed by atoms with Crippen LogP contribution in [0.2, 0.25) is 0 Å². The molecule has 1 aliphatic rings. The number of nitrogen functional groups attached to an aromatic ring is 1. The SMILES string of the molecule is COC(=O)c1nc(-c2ccc3c(c2)CCO3)sc1N. The molecule has 0 spiro atoms. The van der Waals surface area contributed by atoms with E-state index in [-0.39, 0.29) is 5.69 Å². The molecule has 0 saturated carbocycles. The van der Waals surface area contributed by atoms with Crippen molar-refractivity contribution in [1.82, 2.24) is 4.98 Å². The Hall–Kier alpha value is -2.08. The molecule has 1 aromatic heterocycles. The fraction of sp³-hybridized carbons (Fsp3) is 0.231. The first-order valence-electron chi connectivity index (χ1n) is 5.80. The zero-order chi connectivity index (χ0) is 13.4. The average Bonchev–Trinajstić information content (AvgIpc) is 3.03. The molecule has 19 heavy (non-hydrogen) atoms. The van der Waals surface area contributed by atoms with Gasteiger partial charge in [0.1, 0.15) is 15.8 Å². The summed E-state index contributed by atoms with van der Waals surface area (Å²) in [5.41, 5.74) is 8.08. The maximum atomic E-state index is 11.5. The Balaban J connectivity index is 2.01. The van der Waals surface area contributed by atoms with Gasteiger partial charge < -0.3 is 15.2 Å². The van der Waals surface area contributed by atoms with Crippen molar-refractivity contribution in [3.8, 4) is 16.3 Å². The quantitative estimate of drug-likeness (QED) is 0.850. The molecule has 0 amide bonds. The number of hydrogen-bond acceptors (Lipinski definition) is 6. The van der Waals surface area contributed by atoms with Gasteiger partial charge in [-0.25, -0.2) is 9.78 Å². The van der Waals surface area contributed by atoms with E-state index in [4.69, 9.17) is 10.5 Å². The number of methoxy groups -OCH3 is 1. The second kappa shape index (κ2) is 4.55. The minimum absolute atomic E-state index is 0.180. The van der Waals surface area contributed by atoms with Gasteiger partial charge in [0.15, 0.2) is 5.69 Å². The van der Waals surface area contributed by atoms with E-state index in [0.29, 0.717) is 16.6 Å². The van der Waals surface area contributed by atoms with Crippen molar-refractivity contribution in [2.24, 2.45) is 0 Å². The lowest BCUT2D eigenvalue weighted by molar-refractivity contribution is 0.0596. The highest BCUT2D eigenvalue weighted by Gasteiger charge is 2.19. The number of rotatable bonds is 2. The van der Waals surface area contributed by atoms with E-state index in [2.05, 4.69) is 9.72 Å². The molecule has 2 aromatic rings. The highest BCUT2D eigenvalue weighted by molar-refractivity contribution is 7.19. The van der Waals surface area contributed by atoms with E-state index >= 15 is 0 Å². The first-order valence-corrected chi connectivity index (χ1v) is 6.61. The molecule has 0 unspecified atom stereocenters. The van der Waals surface area contributed by atoms with Gasteiger partial charge in [-0.15, -0.1) is 0 Å². The third-order valence-electron chi connectivity index (χ3n) is 2.97. The minimum Gasteiger partial charge on any atom is -0.493 e. The van der Waals surface area contributed by atoms with Crippen LogP contribution in [0.25, 0.3) is 10.6 Å². The Morgan fingerprint density at radius 1 is 1.53 bits per heavy atom. The first kappa shape index (κ1) is 12.0. The van der Waals surface area contributed by atoms with Gasteiger partial charge >= 0.3 is 5.97 Å². The Bertz CT molecular complexity index is 651. The van der Waals surface area contributed by atoms with Crippen molar-refractivity contribution >= 4 is 22.3 Å². The molecule has 0 atom stereocenters. The van der Waals surface area contributed by atoms with Gasteiger partial charge in [-0.05, 0) is 23.8 Å². The van der Waals surface area contributed by atoms with E-state index < -0.39 is 5.97 Å². The molecule has 0 fully saturated rings. The Morgan fingerprint density at radius 2 is 2.37 bits per heavy atom. The number of benzene rings is 1.